The Balaban J connectivity index is 1.33. The SMILES string of the molecule is O=C(NC1C2CC3CC1CC(O)(C3)C2)c1cccc(NS(=O)(=O)c2ccccc2C(F)(F)F)c1. The third kappa shape index (κ3) is 4.29. The molecule has 6 nitrogen and oxygen atoms in total. The lowest BCUT2D eigenvalue weighted by Gasteiger charge is -2.58. The zero-order valence-corrected chi connectivity index (χ0v) is 19.0. The standard InChI is InChI=1S/C24H25F3N2O4S/c25-24(26,27)19-6-1-2-7-20(19)34(32,33)29-18-5-3-4-15(10-18)22(30)28-21-16-8-14-9-17(21)13-23(31,11-14)12-16/h1-7,10,14,16-17,21,29,31H,8-9,11-13H2,(H,28,30). The number of sulfonamides is 1. The molecule has 6 rings (SSSR count). The Bertz CT molecular complexity index is 1210. The van der Waals surface area contributed by atoms with Crippen molar-refractivity contribution < 1.29 is 31.5 Å². The summed E-state index contributed by atoms with van der Waals surface area (Å²) in [6.07, 6.45) is -0.712. The van der Waals surface area contributed by atoms with Gasteiger partial charge in [-0.25, -0.2) is 8.42 Å². The molecule has 4 aliphatic rings. The van der Waals surface area contributed by atoms with E-state index in [9.17, 15) is 31.5 Å². The zero-order chi connectivity index (χ0) is 24.3. The van der Waals surface area contributed by atoms with Crippen molar-refractivity contribution in [3.63, 3.8) is 0 Å². The number of carbonyl (C=O) groups is 1. The van der Waals surface area contributed by atoms with Crippen molar-refractivity contribution in [3.8, 4) is 0 Å². The average molecular weight is 495 g/mol. The third-order valence-electron chi connectivity index (χ3n) is 7.40. The van der Waals surface area contributed by atoms with Crippen molar-refractivity contribution in [2.24, 2.45) is 17.8 Å². The van der Waals surface area contributed by atoms with Crippen molar-refractivity contribution in [3.05, 3.63) is 59.7 Å². The lowest BCUT2D eigenvalue weighted by Crippen LogP contribution is -2.61. The Kier molecular flexibility index (Phi) is 5.44. The Labute approximate surface area is 195 Å². The van der Waals surface area contributed by atoms with Crippen molar-refractivity contribution in [1.82, 2.24) is 5.32 Å². The summed E-state index contributed by atoms with van der Waals surface area (Å²) >= 11 is 0. The van der Waals surface area contributed by atoms with Crippen LogP contribution in [0.2, 0.25) is 0 Å². The number of benzene rings is 2. The second-order valence-corrected chi connectivity index (χ2v) is 11.5. The predicted octanol–water partition coefficient (Wildman–Crippen LogP) is 4.18. The fraction of sp³-hybridized carbons (Fsp3) is 0.458. The van der Waals surface area contributed by atoms with Crippen LogP contribution >= 0.6 is 0 Å². The van der Waals surface area contributed by atoms with Gasteiger partial charge in [0, 0.05) is 17.3 Å². The molecule has 4 bridgehead atoms. The quantitative estimate of drug-likeness (QED) is 0.581. The zero-order valence-electron chi connectivity index (χ0n) is 18.2. The van der Waals surface area contributed by atoms with E-state index < -0.39 is 32.3 Å². The lowest BCUT2D eigenvalue weighted by atomic mass is 9.52. The normalized spacial score (nSPS) is 30.2. The largest absolute Gasteiger partial charge is 0.417 e. The Morgan fingerprint density at radius 1 is 1.00 bits per heavy atom. The highest BCUT2D eigenvalue weighted by Crippen LogP contribution is 2.55. The highest BCUT2D eigenvalue weighted by Gasteiger charge is 2.55. The molecule has 0 saturated heterocycles. The number of hydrogen-bond donors (Lipinski definition) is 3. The van der Waals surface area contributed by atoms with Gasteiger partial charge in [-0.2, -0.15) is 13.2 Å². The monoisotopic (exact) mass is 494 g/mol. The molecule has 0 aromatic heterocycles. The van der Waals surface area contributed by atoms with Crippen LogP contribution in [-0.2, 0) is 16.2 Å². The molecule has 2 aromatic carbocycles. The number of amides is 1. The van der Waals surface area contributed by atoms with Gasteiger partial charge in [0.1, 0.15) is 0 Å². The van der Waals surface area contributed by atoms with Crippen LogP contribution in [0, 0.1) is 17.8 Å². The molecule has 4 saturated carbocycles. The molecule has 2 aromatic rings. The van der Waals surface area contributed by atoms with Gasteiger partial charge in [0.25, 0.3) is 15.9 Å². The molecule has 10 heteroatoms. The minimum Gasteiger partial charge on any atom is -0.390 e. The third-order valence-corrected chi connectivity index (χ3v) is 8.84. The smallest absolute Gasteiger partial charge is 0.390 e. The van der Waals surface area contributed by atoms with Crippen molar-refractivity contribution in [2.45, 2.75) is 54.8 Å². The first-order valence-corrected chi connectivity index (χ1v) is 12.7. The highest BCUT2D eigenvalue weighted by molar-refractivity contribution is 7.92. The van der Waals surface area contributed by atoms with Gasteiger partial charge in [-0.3, -0.25) is 9.52 Å². The van der Waals surface area contributed by atoms with Crippen LogP contribution in [0.1, 0.15) is 48.0 Å². The summed E-state index contributed by atoms with van der Waals surface area (Å²) in [7, 11) is -4.55. The van der Waals surface area contributed by atoms with Gasteiger partial charge < -0.3 is 10.4 Å². The fourth-order valence-electron chi connectivity index (χ4n) is 6.32. The molecule has 0 radical (unpaired) electrons. The van der Waals surface area contributed by atoms with Gasteiger partial charge in [-0.1, -0.05) is 18.2 Å². The van der Waals surface area contributed by atoms with Crippen LogP contribution in [0.5, 0.6) is 0 Å². The van der Waals surface area contributed by atoms with Gasteiger partial charge in [0.2, 0.25) is 0 Å². The van der Waals surface area contributed by atoms with Crippen LogP contribution < -0.4 is 10.0 Å². The minimum atomic E-state index is -4.83. The van der Waals surface area contributed by atoms with Gasteiger partial charge in [0.15, 0.2) is 0 Å². The van der Waals surface area contributed by atoms with E-state index in [1.165, 1.54) is 30.3 Å². The van der Waals surface area contributed by atoms with Gasteiger partial charge >= 0.3 is 6.18 Å². The van der Waals surface area contributed by atoms with Gasteiger partial charge in [0.05, 0.1) is 16.1 Å². The number of alkyl halides is 3. The molecule has 3 N–H and O–H groups in total. The maximum Gasteiger partial charge on any atom is 0.417 e. The molecular weight excluding hydrogens is 469 g/mol. The minimum absolute atomic E-state index is 0.0102. The number of halogens is 3. The van der Waals surface area contributed by atoms with E-state index in [0.29, 0.717) is 24.8 Å². The molecule has 2 atom stereocenters. The molecule has 0 aliphatic heterocycles. The van der Waals surface area contributed by atoms with E-state index in [2.05, 4.69) is 10.0 Å². The first-order valence-electron chi connectivity index (χ1n) is 11.3. The molecule has 0 heterocycles. The summed E-state index contributed by atoms with van der Waals surface area (Å²) in [6, 6.07) is 9.58. The molecule has 0 spiro atoms. The summed E-state index contributed by atoms with van der Waals surface area (Å²) in [4.78, 5) is 12.1. The second-order valence-electron chi connectivity index (χ2n) is 9.87. The molecule has 34 heavy (non-hydrogen) atoms. The molecule has 4 aliphatic carbocycles. The van der Waals surface area contributed by atoms with Crippen molar-refractivity contribution >= 4 is 21.6 Å². The van der Waals surface area contributed by atoms with E-state index in [1.807, 2.05) is 0 Å². The maximum absolute atomic E-state index is 13.3. The van der Waals surface area contributed by atoms with Gasteiger partial charge in [-0.15, -0.1) is 0 Å². The summed E-state index contributed by atoms with van der Waals surface area (Å²) in [5.74, 6) is 0.538. The van der Waals surface area contributed by atoms with E-state index >= 15 is 0 Å². The van der Waals surface area contributed by atoms with Crippen molar-refractivity contribution in [1.29, 1.82) is 0 Å². The number of rotatable bonds is 5. The Hall–Kier alpha value is -2.59. The first kappa shape index (κ1) is 23.2. The van der Waals surface area contributed by atoms with Crippen LogP contribution in [0.4, 0.5) is 18.9 Å². The number of aliphatic hydroxyl groups is 1. The Morgan fingerprint density at radius 3 is 2.32 bits per heavy atom. The molecule has 4 fully saturated rings. The van der Waals surface area contributed by atoms with E-state index in [-0.39, 0.29) is 35.0 Å². The summed E-state index contributed by atoms with van der Waals surface area (Å²) < 4.78 is 67.5. The molecule has 182 valence electrons. The van der Waals surface area contributed by atoms with E-state index in [1.54, 1.807) is 0 Å². The van der Waals surface area contributed by atoms with Crippen molar-refractivity contribution in [2.75, 3.05) is 4.72 Å². The number of carbonyl (C=O) groups excluding carboxylic acids is 1. The van der Waals surface area contributed by atoms with Crippen LogP contribution in [0.3, 0.4) is 0 Å². The number of anilines is 1. The molecule has 2 unspecified atom stereocenters. The number of hydrogen-bond acceptors (Lipinski definition) is 4. The highest BCUT2D eigenvalue weighted by atomic mass is 32.2. The van der Waals surface area contributed by atoms with E-state index in [0.717, 1.165) is 31.4 Å². The summed E-state index contributed by atoms with van der Waals surface area (Å²) in [5.41, 5.74) is -1.69. The lowest BCUT2D eigenvalue weighted by molar-refractivity contribution is -0.139. The van der Waals surface area contributed by atoms with Crippen LogP contribution in [0.15, 0.2) is 53.4 Å². The molecular formula is C24H25F3N2O4S. The average Bonchev–Trinajstić information content (AvgIpc) is 2.74. The first-order chi connectivity index (χ1) is 15.9. The van der Waals surface area contributed by atoms with Crippen LogP contribution in [0.25, 0.3) is 0 Å². The van der Waals surface area contributed by atoms with Crippen LogP contribution in [-0.4, -0.2) is 31.1 Å². The van der Waals surface area contributed by atoms with E-state index in [4.69, 9.17) is 0 Å². The molecule has 1 amide bonds. The summed E-state index contributed by atoms with van der Waals surface area (Å²) in [6.45, 7) is 0. The maximum atomic E-state index is 13.3. The predicted molar refractivity (Wildman–Crippen MR) is 118 cm³/mol. The second kappa shape index (κ2) is 7.98. The number of nitrogens with one attached hydrogen (secondary N) is 2. The summed E-state index contributed by atoms with van der Waals surface area (Å²) in [5, 5.41) is 13.8. The fourth-order valence-corrected chi connectivity index (χ4v) is 7.60. The Morgan fingerprint density at radius 2 is 1.68 bits per heavy atom. The van der Waals surface area contributed by atoms with Gasteiger partial charge in [-0.05, 0) is 80.2 Å². The topological polar surface area (TPSA) is 95.5 Å².